The molecule has 4 atom stereocenters. The Morgan fingerprint density at radius 1 is 1.24 bits per heavy atom. The van der Waals surface area contributed by atoms with Gasteiger partial charge in [-0.05, 0) is 24.6 Å². The van der Waals surface area contributed by atoms with E-state index in [1.54, 1.807) is 24.9 Å². The normalized spacial score (nSPS) is 33.4. The predicted molar refractivity (Wildman–Crippen MR) is 87.8 cm³/mol. The number of hydrogen-bond acceptors (Lipinski definition) is 4. The SMILES string of the molecule is [C-]#[N+][C@@]1(C)C[C@H]2C(=O)N(C)[C@@H](C)C(=O)N2[C@H]1c1ccc2c(c1)OCO2. The van der Waals surface area contributed by atoms with E-state index in [1.807, 2.05) is 19.1 Å². The van der Waals surface area contributed by atoms with Crippen molar-refractivity contribution in [3.05, 3.63) is 35.2 Å². The van der Waals surface area contributed by atoms with E-state index in [1.165, 1.54) is 4.90 Å². The Labute approximate surface area is 145 Å². The van der Waals surface area contributed by atoms with E-state index >= 15 is 0 Å². The van der Waals surface area contributed by atoms with Crippen LogP contribution in [0.3, 0.4) is 0 Å². The molecule has 3 aliphatic heterocycles. The van der Waals surface area contributed by atoms with Gasteiger partial charge < -0.3 is 24.1 Å². The third-order valence-electron chi connectivity index (χ3n) is 5.60. The van der Waals surface area contributed by atoms with Crippen LogP contribution in [0.15, 0.2) is 18.2 Å². The number of fused-ring (bicyclic) bond motifs is 2. The van der Waals surface area contributed by atoms with Gasteiger partial charge in [-0.1, -0.05) is 6.07 Å². The maximum atomic E-state index is 13.0. The fourth-order valence-electron chi connectivity index (χ4n) is 4.09. The quantitative estimate of drug-likeness (QED) is 0.728. The number of ether oxygens (including phenoxy) is 2. The van der Waals surface area contributed by atoms with Crippen LogP contribution in [0.1, 0.15) is 31.9 Å². The topological polar surface area (TPSA) is 63.4 Å². The van der Waals surface area contributed by atoms with Crippen molar-refractivity contribution in [2.24, 2.45) is 0 Å². The number of rotatable bonds is 1. The van der Waals surface area contributed by atoms with Gasteiger partial charge in [0.2, 0.25) is 18.6 Å². The van der Waals surface area contributed by atoms with Gasteiger partial charge in [-0.2, -0.15) is 0 Å². The molecular weight excluding hydrogens is 322 g/mol. The Balaban J connectivity index is 1.83. The summed E-state index contributed by atoms with van der Waals surface area (Å²) in [5.74, 6) is 1.03. The number of carbonyl (C=O) groups is 2. The van der Waals surface area contributed by atoms with Crippen LogP contribution in [-0.2, 0) is 9.59 Å². The third-order valence-corrected chi connectivity index (χ3v) is 5.60. The summed E-state index contributed by atoms with van der Waals surface area (Å²) in [7, 11) is 1.64. The van der Waals surface area contributed by atoms with Crippen molar-refractivity contribution in [2.75, 3.05) is 13.8 Å². The summed E-state index contributed by atoms with van der Waals surface area (Å²) < 4.78 is 10.8. The summed E-state index contributed by atoms with van der Waals surface area (Å²) in [5.41, 5.74) is -0.0719. The van der Waals surface area contributed by atoms with Crippen molar-refractivity contribution in [3.8, 4) is 11.5 Å². The number of likely N-dealkylation sites (N-methyl/N-ethyl adjacent to an activating group) is 1. The zero-order valence-corrected chi connectivity index (χ0v) is 14.4. The Morgan fingerprint density at radius 2 is 1.96 bits per heavy atom. The minimum Gasteiger partial charge on any atom is -0.454 e. The van der Waals surface area contributed by atoms with Gasteiger partial charge in [-0.3, -0.25) is 9.59 Å². The summed E-state index contributed by atoms with van der Waals surface area (Å²) in [5, 5.41) is 0. The van der Waals surface area contributed by atoms with Gasteiger partial charge in [-0.25, -0.2) is 6.57 Å². The molecule has 2 fully saturated rings. The molecule has 0 N–H and O–H groups in total. The smallest absolute Gasteiger partial charge is 0.256 e. The number of amides is 2. The summed E-state index contributed by atoms with van der Waals surface area (Å²) in [6, 6.07) is 3.85. The molecule has 3 aliphatic rings. The third kappa shape index (κ3) is 2.03. The molecule has 130 valence electrons. The van der Waals surface area contributed by atoms with E-state index in [0.717, 1.165) is 5.56 Å². The highest BCUT2D eigenvalue weighted by Gasteiger charge is 2.62. The van der Waals surface area contributed by atoms with Gasteiger partial charge in [0.15, 0.2) is 11.5 Å². The van der Waals surface area contributed by atoms with Crippen LogP contribution >= 0.6 is 0 Å². The van der Waals surface area contributed by atoms with Gasteiger partial charge in [-0.15, -0.1) is 0 Å². The van der Waals surface area contributed by atoms with Gasteiger partial charge in [0.1, 0.15) is 18.1 Å². The zero-order valence-electron chi connectivity index (χ0n) is 14.4. The molecule has 1 aromatic carbocycles. The van der Waals surface area contributed by atoms with Crippen molar-refractivity contribution in [3.63, 3.8) is 0 Å². The highest BCUT2D eigenvalue weighted by molar-refractivity contribution is 5.97. The fraction of sp³-hybridized carbons (Fsp3) is 0.500. The van der Waals surface area contributed by atoms with Crippen LogP contribution in [0.4, 0.5) is 0 Å². The van der Waals surface area contributed by atoms with Crippen LogP contribution in [0.25, 0.3) is 4.85 Å². The van der Waals surface area contributed by atoms with Crippen LogP contribution < -0.4 is 9.47 Å². The summed E-state index contributed by atoms with van der Waals surface area (Å²) in [6.07, 6.45) is 0.331. The van der Waals surface area contributed by atoms with Gasteiger partial charge >= 0.3 is 0 Å². The second-order valence-electron chi connectivity index (χ2n) is 7.07. The van der Waals surface area contributed by atoms with Crippen LogP contribution in [0.2, 0.25) is 0 Å². The fourth-order valence-corrected chi connectivity index (χ4v) is 4.09. The lowest BCUT2D eigenvalue weighted by atomic mass is 9.87. The van der Waals surface area contributed by atoms with Gasteiger partial charge in [0, 0.05) is 14.0 Å². The molecule has 1 aromatic rings. The Bertz CT molecular complexity index is 817. The number of benzene rings is 1. The van der Waals surface area contributed by atoms with Gasteiger partial charge in [0.25, 0.3) is 5.54 Å². The molecule has 0 unspecified atom stereocenters. The van der Waals surface area contributed by atoms with E-state index in [9.17, 15) is 9.59 Å². The van der Waals surface area contributed by atoms with Crippen LogP contribution in [-0.4, -0.2) is 53.1 Å². The maximum absolute atomic E-state index is 13.0. The molecule has 2 saturated heterocycles. The molecule has 2 amide bonds. The Morgan fingerprint density at radius 3 is 2.68 bits per heavy atom. The number of nitrogens with zero attached hydrogens (tertiary/aromatic N) is 3. The molecule has 7 nitrogen and oxygen atoms in total. The molecule has 0 bridgehead atoms. The minimum atomic E-state index is -0.866. The molecular formula is C18H19N3O4. The van der Waals surface area contributed by atoms with E-state index in [-0.39, 0.29) is 18.6 Å². The molecule has 0 radical (unpaired) electrons. The first-order chi connectivity index (χ1) is 11.9. The second kappa shape index (κ2) is 5.12. The van der Waals surface area contributed by atoms with E-state index in [0.29, 0.717) is 17.9 Å². The van der Waals surface area contributed by atoms with Crippen molar-refractivity contribution in [1.29, 1.82) is 0 Å². The van der Waals surface area contributed by atoms with Crippen LogP contribution in [0, 0.1) is 6.57 Å². The first-order valence-electron chi connectivity index (χ1n) is 8.24. The Kier molecular flexibility index (Phi) is 3.23. The number of hydrogen-bond donors (Lipinski definition) is 0. The maximum Gasteiger partial charge on any atom is 0.256 e. The average molecular weight is 341 g/mol. The highest BCUT2D eigenvalue weighted by Crippen LogP contribution is 2.50. The first kappa shape index (κ1) is 15.8. The molecule has 25 heavy (non-hydrogen) atoms. The lowest BCUT2D eigenvalue weighted by molar-refractivity contribution is -0.159. The average Bonchev–Trinajstić information content (AvgIpc) is 3.20. The lowest BCUT2D eigenvalue weighted by Crippen LogP contribution is -2.60. The second-order valence-corrected chi connectivity index (χ2v) is 7.07. The minimum absolute atomic E-state index is 0.106. The van der Waals surface area contributed by atoms with Crippen molar-refractivity contribution < 1.29 is 19.1 Å². The molecule has 3 heterocycles. The van der Waals surface area contributed by atoms with Crippen LogP contribution in [0.5, 0.6) is 11.5 Å². The molecule has 0 spiro atoms. The van der Waals surface area contributed by atoms with E-state index < -0.39 is 23.7 Å². The molecule has 0 aromatic heterocycles. The Hall–Kier alpha value is -2.75. The van der Waals surface area contributed by atoms with Gasteiger partial charge in [0.05, 0.1) is 6.42 Å². The standard InChI is InChI=1S/C18H19N3O4/c1-10-16(22)21-12(17(23)20(10)4)8-18(2,19-3)15(21)11-5-6-13-14(7-11)25-9-24-13/h5-7,10,12,15H,8-9H2,1-2,4H3/t10-,12-,15-,18-/m0/s1. The predicted octanol–water partition coefficient (Wildman–Crippen LogP) is 1.60. The van der Waals surface area contributed by atoms with Crippen molar-refractivity contribution >= 4 is 11.8 Å². The highest BCUT2D eigenvalue weighted by atomic mass is 16.7. The number of carbonyl (C=O) groups excluding carboxylic acids is 2. The number of piperazine rings is 1. The van der Waals surface area contributed by atoms with Crippen molar-refractivity contribution in [2.45, 2.75) is 43.9 Å². The van der Waals surface area contributed by atoms with E-state index in [4.69, 9.17) is 16.0 Å². The summed E-state index contributed by atoms with van der Waals surface area (Å²) in [6.45, 7) is 11.4. The zero-order chi connectivity index (χ0) is 17.9. The molecule has 4 rings (SSSR count). The first-order valence-corrected chi connectivity index (χ1v) is 8.24. The summed E-state index contributed by atoms with van der Waals surface area (Å²) >= 11 is 0. The lowest BCUT2D eigenvalue weighted by Gasteiger charge is -2.41. The molecule has 0 saturated carbocycles. The largest absolute Gasteiger partial charge is 0.454 e. The van der Waals surface area contributed by atoms with Crippen molar-refractivity contribution in [1.82, 2.24) is 9.80 Å². The molecule has 0 aliphatic carbocycles. The van der Waals surface area contributed by atoms with E-state index in [2.05, 4.69) is 4.85 Å². The summed E-state index contributed by atoms with van der Waals surface area (Å²) in [4.78, 5) is 32.6. The monoisotopic (exact) mass is 341 g/mol. The molecule has 7 heteroatoms.